The monoisotopic (exact) mass is 374 g/mol. The summed E-state index contributed by atoms with van der Waals surface area (Å²) in [5.41, 5.74) is 1.85. The number of hydroxylamine groups is 2. The molecule has 3 rings (SSSR count). The molecule has 5 nitrogen and oxygen atoms in total. The summed E-state index contributed by atoms with van der Waals surface area (Å²) in [4.78, 5) is 12.4. The maximum absolute atomic E-state index is 12.4. The van der Waals surface area contributed by atoms with E-state index in [1.54, 1.807) is 24.3 Å². The highest BCUT2D eigenvalue weighted by Crippen LogP contribution is 2.31. The van der Waals surface area contributed by atoms with Gasteiger partial charge in [-0.2, -0.15) is 0 Å². The number of aliphatic hydroxyl groups excluding tert-OH is 1. The lowest BCUT2D eigenvalue weighted by Gasteiger charge is -2.27. The molecule has 6 heteroatoms. The van der Waals surface area contributed by atoms with Crippen LogP contribution in [0.15, 0.2) is 54.6 Å². The molecule has 1 aliphatic heterocycles. The fourth-order valence-corrected chi connectivity index (χ4v) is 3.56. The van der Waals surface area contributed by atoms with Gasteiger partial charge in [0.2, 0.25) is 5.91 Å². The average Bonchev–Trinajstić information content (AvgIpc) is 3.08. The lowest BCUT2D eigenvalue weighted by Crippen LogP contribution is -2.35. The van der Waals surface area contributed by atoms with Crippen LogP contribution in [0.2, 0.25) is 5.02 Å². The fourth-order valence-electron chi connectivity index (χ4n) is 3.43. The highest BCUT2D eigenvalue weighted by molar-refractivity contribution is 6.30. The number of amides is 1. The summed E-state index contributed by atoms with van der Waals surface area (Å²) < 4.78 is 0. The van der Waals surface area contributed by atoms with Crippen molar-refractivity contribution < 1.29 is 15.1 Å². The van der Waals surface area contributed by atoms with Crippen molar-refractivity contribution in [1.82, 2.24) is 10.4 Å². The van der Waals surface area contributed by atoms with Crippen LogP contribution in [0.25, 0.3) is 0 Å². The number of hydrogen-bond donors (Lipinski definition) is 3. The second-order valence-corrected chi connectivity index (χ2v) is 7.15. The lowest BCUT2D eigenvalue weighted by molar-refractivity contribution is -0.166. The quantitative estimate of drug-likeness (QED) is 0.537. The third-order valence-electron chi connectivity index (χ3n) is 4.86. The van der Waals surface area contributed by atoms with Crippen molar-refractivity contribution in [2.24, 2.45) is 5.92 Å². The summed E-state index contributed by atoms with van der Waals surface area (Å²) in [6, 6.07) is 16.8. The van der Waals surface area contributed by atoms with Crippen LogP contribution in [0.4, 0.5) is 0 Å². The van der Waals surface area contributed by atoms with Crippen molar-refractivity contribution in [2.75, 3.05) is 13.1 Å². The number of benzene rings is 2. The van der Waals surface area contributed by atoms with Crippen LogP contribution in [-0.2, 0) is 11.2 Å². The molecule has 1 fully saturated rings. The molecule has 0 bridgehead atoms. The Morgan fingerprint density at radius 1 is 1.19 bits per heavy atom. The molecule has 1 saturated heterocycles. The number of carbonyl (C=O) groups excluding carboxylic acids is 1. The number of carbonyl (C=O) groups is 1. The fraction of sp³-hybridized carbons (Fsp3) is 0.350. The number of halogens is 1. The number of rotatable bonds is 6. The van der Waals surface area contributed by atoms with Crippen LogP contribution >= 0.6 is 11.6 Å². The number of nitrogens with zero attached hydrogens (tertiary/aromatic N) is 1. The van der Waals surface area contributed by atoms with Gasteiger partial charge in [-0.05, 0) is 35.6 Å². The van der Waals surface area contributed by atoms with E-state index in [4.69, 9.17) is 11.6 Å². The van der Waals surface area contributed by atoms with Crippen LogP contribution in [0, 0.1) is 5.92 Å². The first-order valence-corrected chi connectivity index (χ1v) is 9.11. The molecule has 3 atom stereocenters. The van der Waals surface area contributed by atoms with E-state index in [0.717, 1.165) is 16.2 Å². The first-order valence-electron chi connectivity index (χ1n) is 8.73. The third-order valence-corrected chi connectivity index (χ3v) is 5.12. The highest BCUT2D eigenvalue weighted by atomic mass is 35.5. The lowest BCUT2D eigenvalue weighted by atomic mass is 9.85. The maximum Gasteiger partial charge on any atom is 0.250 e. The van der Waals surface area contributed by atoms with E-state index >= 15 is 0 Å². The topological polar surface area (TPSA) is 72.8 Å². The zero-order valence-electron chi connectivity index (χ0n) is 14.4. The minimum absolute atomic E-state index is 0.0555. The largest absolute Gasteiger partial charge is 0.379 e. The Balaban J connectivity index is 1.69. The molecule has 3 unspecified atom stereocenters. The second kappa shape index (κ2) is 8.64. The van der Waals surface area contributed by atoms with Crippen molar-refractivity contribution in [1.29, 1.82) is 0 Å². The van der Waals surface area contributed by atoms with Crippen LogP contribution in [0.1, 0.15) is 23.5 Å². The van der Waals surface area contributed by atoms with Crippen LogP contribution < -0.4 is 5.32 Å². The van der Waals surface area contributed by atoms with E-state index in [2.05, 4.69) is 5.32 Å². The maximum atomic E-state index is 12.4. The van der Waals surface area contributed by atoms with Crippen molar-refractivity contribution in [3.05, 3.63) is 70.7 Å². The zero-order valence-corrected chi connectivity index (χ0v) is 15.1. The van der Waals surface area contributed by atoms with E-state index in [0.29, 0.717) is 18.0 Å². The summed E-state index contributed by atoms with van der Waals surface area (Å²) in [7, 11) is 0. The summed E-state index contributed by atoms with van der Waals surface area (Å²) in [6.07, 6.45) is 0.169. The predicted molar refractivity (Wildman–Crippen MR) is 100.0 cm³/mol. The van der Waals surface area contributed by atoms with Crippen molar-refractivity contribution in [2.45, 2.75) is 25.0 Å². The smallest absolute Gasteiger partial charge is 0.250 e. The van der Waals surface area contributed by atoms with Gasteiger partial charge in [-0.3, -0.25) is 15.3 Å². The minimum atomic E-state index is -0.539. The average molecular weight is 375 g/mol. The molecular weight excluding hydrogens is 352 g/mol. The van der Waals surface area contributed by atoms with E-state index < -0.39 is 6.23 Å². The molecule has 0 saturated carbocycles. The van der Waals surface area contributed by atoms with Crippen LogP contribution in [0.5, 0.6) is 0 Å². The van der Waals surface area contributed by atoms with Gasteiger partial charge < -0.3 is 5.11 Å². The molecule has 1 amide bonds. The number of aliphatic hydroxyl groups is 1. The van der Waals surface area contributed by atoms with Gasteiger partial charge in [-0.15, -0.1) is 0 Å². The Labute approximate surface area is 158 Å². The molecule has 1 heterocycles. The van der Waals surface area contributed by atoms with Gasteiger partial charge in [0.1, 0.15) is 6.23 Å². The Morgan fingerprint density at radius 2 is 1.88 bits per heavy atom. The predicted octanol–water partition coefficient (Wildman–Crippen LogP) is 2.81. The van der Waals surface area contributed by atoms with Gasteiger partial charge in [-0.1, -0.05) is 54.1 Å². The molecule has 138 valence electrons. The summed E-state index contributed by atoms with van der Waals surface area (Å²) in [6.45, 7) is 0.843. The van der Waals surface area contributed by atoms with E-state index in [1.165, 1.54) is 0 Å². The Bertz CT molecular complexity index is 724. The first-order chi connectivity index (χ1) is 12.5. The van der Waals surface area contributed by atoms with Crippen molar-refractivity contribution in [3.63, 3.8) is 0 Å². The molecule has 2 aromatic rings. The van der Waals surface area contributed by atoms with Gasteiger partial charge in [0.05, 0.1) is 13.0 Å². The molecule has 1 aliphatic rings. The zero-order chi connectivity index (χ0) is 18.5. The summed E-state index contributed by atoms with van der Waals surface area (Å²) in [5, 5.41) is 24.6. The molecule has 0 spiro atoms. The van der Waals surface area contributed by atoms with E-state index in [1.807, 2.05) is 30.3 Å². The van der Waals surface area contributed by atoms with Crippen molar-refractivity contribution in [3.8, 4) is 0 Å². The van der Waals surface area contributed by atoms with Crippen molar-refractivity contribution >= 4 is 17.5 Å². The summed E-state index contributed by atoms with van der Waals surface area (Å²) in [5.74, 6) is -0.273. The van der Waals surface area contributed by atoms with Crippen LogP contribution in [-0.4, -0.2) is 40.6 Å². The third kappa shape index (κ3) is 4.83. The van der Waals surface area contributed by atoms with Gasteiger partial charge >= 0.3 is 0 Å². The Hall–Kier alpha value is -1.92. The van der Waals surface area contributed by atoms with E-state index in [9.17, 15) is 15.1 Å². The minimum Gasteiger partial charge on any atom is -0.379 e. The van der Waals surface area contributed by atoms with Crippen LogP contribution in [0.3, 0.4) is 0 Å². The SMILES string of the molecule is O=C(Cc1ccc(Cl)cc1)N(O)CC(c1ccccc1)C1CNC(O)C1. The molecule has 26 heavy (non-hydrogen) atoms. The second-order valence-electron chi connectivity index (χ2n) is 6.72. The Morgan fingerprint density at radius 3 is 2.50 bits per heavy atom. The molecule has 0 radical (unpaired) electrons. The Kier molecular flexibility index (Phi) is 6.27. The van der Waals surface area contributed by atoms with Gasteiger partial charge in [0.15, 0.2) is 0 Å². The van der Waals surface area contributed by atoms with Gasteiger partial charge in [0, 0.05) is 17.5 Å². The van der Waals surface area contributed by atoms with Gasteiger partial charge in [0.25, 0.3) is 0 Å². The highest BCUT2D eigenvalue weighted by Gasteiger charge is 2.32. The first kappa shape index (κ1) is 18.9. The molecule has 0 aromatic heterocycles. The molecule has 2 aromatic carbocycles. The van der Waals surface area contributed by atoms with Gasteiger partial charge in [-0.25, -0.2) is 5.06 Å². The molecular formula is C20H23ClN2O3. The molecule has 3 N–H and O–H groups in total. The summed E-state index contributed by atoms with van der Waals surface area (Å²) >= 11 is 5.86. The van der Waals surface area contributed by atoms with E-state index in [-0.39, 0.29) is 30.7 Å². The molecule has 0 aliphatic carbocycles. The number of nitrogens with one attached hydrogen (secondary N) is 1. The standard InChI is InChI=1S/C20H23ClN2O3/c21-17-8-6-14(7-9-17)10-20(25)23(26)13-18(15-4-2-1-3-5-15)16-11-19(24)22-12-16/h1-9,16,18-19,22,24,26H,10-13H2. The number of hydrogen-bond acceptors (Lipinski definition) is 4. The normalized spacial score (nSPS) is 20.7.